The number of halogens is 1. The molecule has 0 atom stereocenters. The number of hydrogen-bond acceptors (Lipinski definition) is 2. The van der Waals surface area contributed by atoms with Gasteiger partial charge in [0.25, 0.3) is 0 Å². The van der Waals surface area contributed by atoms with E-state index in [1.54, 1.807) is 6.20 Å². The van der Waals surface area contributed by atoms with Crippen LogP contribution in [0.1, 0.15) is 13.8 Å². The smallest absolute Gasteiger partial charge is 0.202 e. The Kier molecular flexibility index (Phi) is 2.75. The van der Waals surface area contributed by atoms with Crippen LogP contribution in [0.4, 0.5) is 0 Å². The van der Waals surface area contributed by atoms with Crippen LogP contribution < -0.4 is 5.73 Å². The van der Waals surface area contributed by atoms with Gasteiger partial charge >= 0.3 is 0 Å². The first kappa shape index (κ1) is 9.55. The molecule has 0 spiro atoms. The lowest BCUT2D eigenvalue weighted by Crippen LogP contribution is -2.28. The van der Waals surface area contributed by atoms with E-state index >= 15 is 0 Å². The molecule has 1 aromatic heterocycles. The van der Waals surface area contributed by atoms with Crippen LogP contribution in [0.3, 0.4) is 0 Å². The van der Waals surface area contributed by atoms with Gasteiger partial charge in [-0.1, -0.05) is 13.8 Å². The third-order valence-electron chi connectivity index (χ3n) is 1.82. The molecule has 68 valence electrons. The summed E-state index contributed by atoms with van der Waals surface area (Å²) in [7, 11) is 0. The maximum absolute atomic E-state index is 5.81. The van der Waals surface area contributed by atoms with Crippen LogP contribution in [0, 0.1) is 5.41 Å². The van der Waals surface area contributed by atoms with Crippen molar-refractivity contribution in [3.63, 3.8) is 0 Å². The Labute approximate surface area is 77.5 Å². The molecule has 3 nitrogen and oxygen atoms in total. The molecular weight excluding hydrogens is 174 g/mol. The Morgan fingerprint density at radius 1 is 1.67 bits per heavy atom. The Hall–Kier alpha value is -0.540. The van der Waals surface area contributed by atoms with Crippen molar-refractivity contribution in [3.8, 4) is 0 Å². The number of nitrogens with two attached hydrogens (primary N) is 1. The van der Waals surface area contributed by atoms with Gasteiger partial charge in [0, 0.05) is 18.9 Å². The van der Waals surface area contributed by atoms with E-state index in [1.807, 2.05) is 10.8 Å². The predicted octanol–water partition coefficient (Wildman–Crippen LogP) is 1.52. The minimum absolute atomic E-state index is 0.0737. The van der Waals surface area contributed by atoms with Gasteiger partial charge in [-0.25, -0.2) is 4.98 Å². The van der Waals surface area contributed by atoms with E-state index < -0.39 is 0 Å². The average Bonchev–Trinajstić information content (AvgIpc) is 2.36. The normalized spacial score (nSPS) is 12.0. The molecule has 0 saturated carbocycles. The Morgan fingerprint density at radius 2 is 2.33 bits per heavy atom. The molecule has 1 heterocycles. The van der Waals surface area contributed by atoms with Crippen LogP contribution in [0.15, 0.2) is 12.4 Å². The summed E-state index contributed by atoms with van der Waals surface area (Å²) in [6, 6.07) is 0. The van der Waals surface area contributed by atoms with Gasteiger partial charge in [-0.05, 0) is 23.6 Å². The number of hydrogen-bond donors (Lipinski definition) is 1. The van der Waals surface area contributed by atoms with Gasteiger partial charge in [-0.2, -0.15) is 0 Å². The van der Waals surface area contributed by atoms with E-state index in [0.29, 0.717) is 11.8 Å². The molecule has 0 fully saturated rings. The summed E-state index contributed by atoms with van der Waals surface area (Å²) in [6.45, 7) is 5.65. The summed E-state index contributed by atoms with van der Waals surface area (Å²) in [5, 5.41) is 0.525. The van der Waals surface area contributed by atoms with Crippen LogP contribution in [0.25, 0.3) is 0 Å². The second kappa shape index (κ2) is 3.46. The molecular formula is C8H14ClN3. The van der Waals surface area contributed by atoms with Gasteiger partial charge in [-0.15, -0.1) is 0 Å². The molecule has 0 aliphatic heterocycles. The molecule has 2 N–H and O–H groups in total. The molecule has 4 heteroatoms. The summed E-state index contributed by atoms with van der Waals surface area (Å²) in [4.78, 5) is 3.92. The molecule has 1 rings (SSSR count). The van der Waals surface area contributed by atoms with Gasteiger partial charge in [0.15, 0.2) is 0 Å². The molecule has 0 amide bonds. The lowest BCUT2D eigenvalue weighted by atomic mass is 9.94. The number of rotatable bonds is 3. The highest BCUT2D eigenvalue weighted by Gasteiger charge is 2.17. The Bertz CT molecular complexity index is 255. The third kappa shape index (κ3) is 2.22. The monoisotopic (exact) mass is 187 g/mol. The van der Waals surface area contributed by atoms with Crippen molar-refractivity contribution in [2.45, 2.75) is 20.4 Å². The van der Waals surface area contributed by atoms with Crippen molar-refractivity contribution >= 4 is 11.6 Å². The fourth-order valence-corrected chi connectivity index (χ4v) is 1.13. The first-order valence-electron chi connectivity index (χ1n) is 3.92. The minimum Gasteiger partial charge on any atom is -0.330 e. The second-order valence-electron chi connectivity index (χ2n) is 3.69. The third-order valence-corrected chi connectivity index (χ3v) is 2.13. The molecule has 0 aliphatic carbocycles. The summed E-state index contributed by atoms with van der Waals surface area (Å²) >= 11 is 5.81. The summed E-state index contributed by atoms with van der Waals surface area (Å²) in [6.07, 6.45) is 3.55. The molecule has 0 unspecified atom stereocenters. The standard InChI is InChI=1S/C8H14ClN3/c1-8(2,5-10)6-12-4-3-11-7(12)9/h3-4H,5-6,10H2,1-2H3. The summed E-state index contributed by atoms with van der Waals surface area (Å²) in [5.41, 5.74) is 5.67. The quantitative estimate of drug-likeness (QED) is 0.780. The molecule has 0 saturated heterocycles. The molecule has 12 heavy (non-hydrogen) atoms. The van der Waals surface area contributed by atoms with Crippen LogP contribution in [0.2, 0.25) is 5.28 Å². The van der Waals surface area contributed by atoms with E-state index in [9.17, 15) is 0 Å². The number of nitrogens with zero attached hydrogens (tertiary/aromatic N) is 2. The Balaban J connectivity index is 2.70. The highest BCUT2D eigenvalue weighted by atomic mass is 35.5. The molecule has 0 radical (unpaired) electrons. The molecule has 0 aromatic carbocycles. The topological polar surface area (TPSA) is 43.8 Å². The SMILES string of the molecule is CC(C)(CN)Cn1ccnc1Cl. The van der Waals surface area contributed by atoms with Gasteiger partial charge in [0.1, 0.15) is 0 Å². The zero-order chi connectivity index (χ0) is 9.19. The van der Waals surface area contributed by atoms with E-state index in [-0.39, 0.29) is 5.41 Å². The van der Waals surface area contributed by atoms with Gasteiger partial charge in [0.05, 0.1) is 0 Å². The summed E-state index contributed by atoms with van der Waals surface area (Å²) in [5.74, 6) is 0. The van der Waals surface area contributed by atoms with Gasteiger partial charge in [-0.3, -0.25) is 0 Å². The van der Waals surface area contributed by atoms with Crippen molar-refractivity contribution in [2.75, 3.05) is 6.54 Å². The van der Waals surface area contributed by atoms with Crippen molar-refractivity contribution in [2.24, 2.45) is 11.1 Å². The van der Waals surface area contributed by atoms with Gasteiger partial charge in [0.2, 0.25) is 5.28 Å². The first-order chi connectivity index (χ1) is 5.55. The lowest BCUT2D eigenvalue weighted by molar-refractivity contribution is 0.317. The number of imidazole rings is 1. The van der Waals surface area contributed by atoms with Crippen molar-refractivity contribution in [1.82, 2.24) is 9.55 Å². The fourth-order valence-electron chi connectivity index (χ4n) is 0.955. The summed E-state index contributed by atoms with van der Waals surface area (Å²) < 4.78 is 1.90. The van der Waals surface area contributed by atoms with E-state index in [1.165, 1.54) is 0 Å². The average molecular weight is 188 g/mol. The lowest BCUT2D eigenvalue weighted by Gasteiger charge is -2.22. The van der Waals surface area contributed by atoms with Crippen LogP contribution in [0.5, 0.6) is 0 Å². The first-order valence-corrected chi connectivity index (χ1v) is 4.30. The van der Waals surface area contributed by atoms with Crippen molar-refractivity contribution in [3.05, 3.63) is 17.7 Å². The predicted molar refractivity (Wildman–Crippen MR) is 50.1 cm³/mol. The molecule has 0 aliphatic rings. The molecule has 0 bridgehead atoms. The van der Waals surface area contributed by atoms with E-state index in [4.69, 9.17) is 17.3 Å². The largest absolute Gasteiger partial charge is 0.330 e. The maximum atomic E-state index is 5.81. The fraction of sp³-hybridized carbons (Fsp3) is 0.625. The Morgan fingerprint density at radius 3 is 2.75 bits per heavy atom. The van der Waals surface area contributed by atoms with Crippen molar-refractivity contribution < 1.29 is 0 Å². The maximum Gasteiger partial charge on any atom is 0.202 e. The van der Waals surface area contributed by atoms with E-state index in [0.717, 1.165) is 6.54 Å². The van der Waals surface area contributed by atoms with E-state index in [2.05, 4.69) is 18.8 Å². The van der Waals surface area contributed by atoms with Gasteiger partial charge < -0.3 is 10.3 Å². The van der Waals surface area contributed by atoms with Crippen molar-refractivity contribution in [1.29, 1.82) is 0 Å². The molecule has 1 aromatic rings. The number of aromatic nitrogens is 2. The zero-order valence-corrected chi connectivity index (χ0v) is 8.17. The highest BCUT2D eigenvalue weighted by Crippen LogP contribution is 2.18. The van der Waals surface area contributed by atoms with Crippen LogP contribution in [-0.2, 0) is 6.54 Å². The minimum atomic E-state index is 0.0737. The second-order valence-corrected chi connectivity index (χ2v) is 4.03. The highest BCUT2D eigenvalue weighted by molar-refractivity contribution is 6.28. The van der Waals surface area contributed by atoms with Crippen LogP contribution >= 0.6 is 11.6 Å². The van der Waals surface area contributed by atoms with Crippen LogP contribution in [-0.4, -0.2) is 16.1 Å². The zero-order valence-electron chi connectivity index (χ0n) is 7.42.